The van der Waals surface area contributed by atoms with Crippen LogP contribution in [0.15, 0.2) is 91.1 Å². The number of carbonyl (C=O) groups excluding carboxylic acids is 2. The molecule has 0 bridgehead atoms. The van der Waals surface area contributed by atoms with Crippen LogP contribution < -0.4 is 5.32 Å². The van der Waals surface area contributed by atoms with E-state index in [0.717, 1.165) is 38.2 Å². The number of nitrogens with one attached hydrogen (secondary N) is 1. The Hall–Kier alpha value is -4.33. The molecule has 1 saturated heterocycles. The maximum absolute atomic E-state index is 13.2. The summed E-state index contributed by atoms with van der Waals surface area (Å²) in [6.07, 6.45) is 3.45. The minimum atomic E-state index is -0.368. The zero-order valence-corrected chi connectivity index (χ0v) is 23.5. The molecule has 1 N–H and O–H groups in total. The summed E-state index contributed by atoms with van der Waals surface area (Å²) in [7, 11) is 0. The molecular formula is C33H30ClN5O2. The van der Waals surface area contributed by atoms with Gasteiger partial charge >= 0.3 is 0 Å². The molecule has 1 aliphatic rings. The monoisotopic (exact) mass is 563 g/mol. The minimum Gasteiger partial charge on any atom is -0.322 e. The van der Waals surface area contributed by atoms with E-state index in [-0.39, 0.29) is 23.3 Å². The van der Waals surface area contributed by atoms with Crippen molar-refractivity contribution in [3.63, 3.8) is 0 Å². The highest BCUT2D eigenvalue weighted by Gasteiger charge is 2.26. The Morgan fingerprint density at radius 1 is 0.902 bits per heavy atom. The average Bonchev–Trinajstić information content (AvgIpc) is 3.35. The number of fused-ring (bicyclic) bond motifs is 1. The van der Waals surface area contributed by atoms with Crippen LogP contribution in [0.25, 0.3) is 11.0 Å². The number of anilines is 1. The summed E-state index contributed by atoms with van der Waals surface area (Å²) in [5, 5.41) is 8.73. The zero-order valence-electron chi connectivity index (χ0n) is 22.8. The smallest absolute Gasteiger partial charge is 0.258 e. The van der Waals surface area contributed by atoms with Crippen molar-refractivity contribution >= 4 is 40.0 Å². The van der Waals surface area contributed by atoms with Crippen LogP contribution in [-0.4, -0.2) is 44.4 Å². The lowest BCUT2D eigenvalue weighted by molar-refractivity contribution is 0.102. The number of rotatable bonds is 7. The topological polar surface area (TPSA) is 80.1 Å². The number of halogens is 1. The number of hydrogen-bond donors (Lipinski definition) is 1. The Bertz CT molecular complexity index is 1690. The van der Waals surface area contributed by atoms with Crippen LogP contribution in [0.4, 0.5) is 5.69 Å². The number of nitrogens with zero attached hydrogens (tertiary/aromatic N) is 4. The van der Waals surface area contributed by atoms with Crippen LogP contribution >= 0.6 is 11.6 Å². The molecular weight excluding hydrogens is 534 g/mol. The molecule has 0 unspecified atom stereocenters. The first-order valence-corrected chi connectivity index (χ1v) is 14.2. The van der Waals surface area contributed by atoms with Gasteiger partial charge in [0.05, 0.1) is 27.7 Å². The number of pyridine rings is 1. The third-order valence-corrected chi connectivity index (χ3v) is 8.06. The summed E-state index contributed by atoms with van der Waals surface area (Å²) in [6, 6.07) is 26.7. The van der Waals surface area contributed by atoms with Gasteiger partial charge in [-0.05, 0) is 49.6 Å². The number of carbonyl (C=O) groups is 2. The van der Waals surface area contributed by atoms with Gasteiger partial charge < -0.3 is 5.32 Å². The molecule has 2 aromatic heterocycles. The van der Waals surface area contributed by atoms with E-state index in [1.54, 1.807) is 36.4 Å². The Labute approximate surface area is 243 Å². The summed E-state index contributed by atoms with van der Waals surface area (Å²) < 4.78 is 1.99. The maximum atomic E-state index is 13.2. The summed E-state index contributed by atoms with van der Waals surface area (Å²) in [6.45, 7) is 4.80. The molecule has 0 atom stereocenters. The quantitative estimate of drug-likeness (QED) is 0.222. The summed E-state index contributed by atoms with van der Waals surface area (Å²) in [5.41, 5.74) is 4.78. The van der Waals surface area contributed by atoms with Crippen molar-refractivity contribution < 1.29 is 9.59 Å². The number of aromatic nitrogens is 3. The van der Waals surface area contributed by atoms with Crippen molar-refractivity contribution in [3.05, 3.63) is 124 Å². The Balaban J connectivity index is 1.15. The lowest BCUT2D eigenvalue weighted by Gasteiger charge is -2.32. The van der Waals surface area contributed by atoms with Gasteiger partial charge in [-0.2, -0.15) is 5.10 Å². The molecule has 7 nitrogen and oxygen atoms in total. The molecule has 0 spiro atoms. The summed E-state index contributed by atoms with van der Waals surface area (Å²) in [4.78, 5) is 33.0. The summed E-state index contributed by atoms with van der Waals surface area (Å²) in [5.74, 6) is -0.441. The predicted octanol–water partition coefficient (Wildman–Crippen LogP) is 6.71. The van der Waals surface area contributed by atoms with Crippen molar-refractivity contribution in [1.82, 2.24) is 19.7 Å². The van der Waals surface area contributed by atoms with Gasteiger partial charge in [-0.1, -0.05) is 72.3 Å². The molecule has 1 fully saturated rings. The van der Waals surface area contributed by atoms with E-state index < -0.39 is 0 Å². The molecule has 6 rings (SSSR count). The van der Waals surface area contributed by atoms with E-state index in [2.05, 4.69) is 39.5 Å². The normalized spacial score (nSPS) is 14.3. The highest BCUT2D eigenvalue weighted by atomic mass is 35.5. The fourth-order valence-corrected chi connectivity index (χ4v) is 5.83. The number of benzene rings is 3. The number of piperidine rings is 1. The van der Waals surface area contributed by atoms with Crippen LogP contribution in [0.3, 0.4) is 0 Å². The molecule has 5 aromatic rings. The molecule has 3 heterocycles. The number of hydrogen-bond acceptors (Lipinski definition) is 5. The van der Waals surface area contributed by atoms with Gasteiger partial charge in [0, 0.05) is 42.6 Å². The van der Waals surface area contributed by atoms with E-state index in [0.29, 0.717) is 32.9 Å². The highest BCUT2D eigenvalue weighted by molar-refractivity contribution is 6.39. The Morgan fingerprint density at radius 2 is 1.54 bits per heavy atom. The van der Waals surface area contributed by atoms with E-state index in [9.17, 15) is 9.59 Å². The molecule has 206 valence electrons. The fraction of sp³-hybridized carbons (Fsp3) is 0.212. The van der Waals surface area contributed by atoms with Crippen molar-refractivity contribution in [2.45, 2.75) is 32.4 Å². The molecule has 3 aromatic carbocycles. The maximum Gasteiger partial charge on any atom is 0.258 e. The van der Waals surface area contributed by atoms with Crippen molar-refractivity contribution in [1.29, 1.82) is 0 Å². The third kappa shape index (κ3) is 5.64. The molecule has 0 saturated carbocycles. The Kier molecular flexibility index (Phi) is 7.63. The van der Waals surface area contributed by atoms with Crippen LogP contribution in [-0.2, 0) is 6.54 Å². The van der Waals surface area contributed by atoms with Gasteiger partial charge in [0.25, 0.3) is 5.91 Å². The van der Waals surface area contributed by atoms with E-state index in [4.69, 9.17) is 16.7 Å². The molecule has 1 aliphatic heterocycles. The number of likely N-dealkylation sites (tertiary alicyclic amines) is 1. The zero-order chi connectivity index (χ0) is 28.3. The second kappa shape index (κ2) is 11.6. The second-order valence-electron chi connectivity index (χ2n) is 10.4. The van der Waals surface area contributed by atoms with E-state index in [1.165, 1.54) is 11.8 Å². The van der Waals surface area contributed by atoms with Gasteiger partial charge in [-0.25, -0.2) is 9.67 Å². The highest BCUT2D eigenvalue weighted by Crippen LogP contribution is 2.33. The largest absolute Gasteiger partial charge is 0.322 e. The molecule has 41 heavy (non-hydrogen) atoms. The molecule has 8 heteroatoms. The molecule has 0 radical (unpaired) electrons. The lowest BCUT2D eigenvalue weighted by Crippen LogP contribution is -2.34. The number of aryl methyl sites for hydroxylation is 1. The van der Waals surface area contributed by atoms with Crippen molar-refractivity contribution in [3.8, 4) is 0 Å². The fourth-order valence-electron chi connectivity index (χ4n) is 5.47. The number of ketones is 1. The van der Waals surface area contributed by atoms with Crippen LogP contribution in [0.1, 0.15) is 56.4 Å². The first-order chi connectivity index (χ1) is 20.0. The van der Waals surface area contributed by atoms with E-state index in [1.807, 2.05) is 35.9 Å². The van der Waals surface area contributed by atoms with Crippen LogP contribution in [0.5, 0.6) is 0 Å². The predicted molar refractivity (Wildman–Crippen MR) is 162 cm³/mol. The first kappa shape index (κ1) is 26.9. The van der Waals surface area contributed by atoms with Gasteiger partial charge in [0.15, 0.2) is 11.4 Å². The van der Waals surface area contributed by atoms with Crippen molar-refractivity contribution in [2.75, 3.05) is 18.4 Å². The second-order valence-corrected chi connectivity index (χ2v) is 10.8. The van der Waals surface area contributed by atoms with Crippen LogP contribution in [0, 0.1) is 6.92 Å². The standard InChI is InChI=1S/C33H30ClN5O2/c1-22-29-30(34)28(33(41)36-26-14-12-25(13-15-26)31(40)24-10-6-3-7-11-24)20-35-32(29)39(37-22)27-16-18-38(19-17-27)21-23-8-4-2-5-9-23/h2-15,20,27H,16-19,21H2,1H3,(H,36,41). The van der Waals surface area contributed by atoms with Crippen molar-refractivity contribution in [2.24, 2.45) is 0 Å². The van der Waals surface area contributed by atoms with Gasteiger partial charge in [-0.15, -0.1) is 0 Å². The SMILES string of the molecule is Cc1nn(C2CCN(Cc3ccccc3)CC2)c2ncc(C(=O)Nc3ccc(C(=O)c4ccccc4)cc3)c(Cl)c12. The van der Waals surface area contributed by atoms with Gasteiger partial charge in [-0.3, -0.25) is 14.5 Å². The molecule has 1 amide bonds. The average molecular weight is 564 g/mol. The number of amides is 1. The van der Waals surface area contributed by atoms with E-state index >= 15 is 0 Å². The Morgan fingerprint density at radius 3 is 2.22 bits per heavy atom. The third-order valence-electron chi connectivity index (χ3n) is 7.67. The summed E-state index contributed by atoms with van der Waals surface area (Å²) >= 11 is 6.80. The minimum absolute atomic E-state index is 0.0736. The van der Waals surface area contributed by atoms with Gasteiger partial charge in [0.2, 0.25) is 0 Å². The molecule has 0 aliphatic carbocycles. The first-order valence-electron chi connectivity index (χ1n) is 13.8. The van der Waals surface area contributed by atoms with Gasteiger partial charge in [0.1, 0.15) is 0 Å². The lowest BCUT2D eigenvalue weighted by atomic mass is 10.0. The van der Waals surface area contributed by atoms with Crippen LogP contribution in [0.2, 0.25) is 5.02 Å².